The average molecular weight is 260 g/mol. The minimum atomic E-state index is -0.841. The molecule has 1 aromatic carbocycles. The van der Waals surface area contributed by atoms with E-state index in [9.17, 15) is 4.79 Å². The van der Waals surface area contributed by atoms with Crippen LogP contribution in [0, 0.1) is 0 Å². The molecule has 3 aliphatic heterocycles. The third kappa shape index (κ3) is 1.69. The van der Waals surface area contributed by atoms with Gasteiger partial charge in [0.2, 0.25) is 0 Å². The van der Waals surface area contributed by atoms with Crippen molar-refractivity contribution in [3.63, 3.8) is 0 Å². The second-order valence-electron chi connectivity index (χ2n) is 5.59. The van der Waals surface area contributed by atoms with Gasteiger partial charge in [-0.2, -0.15) is 0 Å². The Hall–Kier alpha value is -1.75. The number of benzene rings is 1. The summed E-state index contributed by atoms with van der Waals surface area (Å²) >= 11 is 0. The van der Waals surface area contributed by atoms with E-state index in [1.165, 1.54) is 10.6 Å². The second kappa shape index (κ2) is 3.87. The monoisotopic (exact) mass is 260 g/mol. The molecule has 4 rings (SSSR count). The fraction of sp³-hybridized carbons (Fsp3) is 0.500. The van der Waals surface area contributed by atoms with Gasteiger partial charge in [-0.3, -0.25) is 4.90 Å². The maximum Gasteiger partial charge on any atom is 0.407 e. The standard InChI is InChI=1S/C14H16N2O3/c17-14(18)15-5-9-1-2-11(3-10(9)6-15)16-7-13-4-12(16)8-19-13/h1-3,12-13H,4-8H2,(H,17,18)/t12-,13-/m0/s1. The predicted octanol–water partition coefficient (Wildman–Crippen LogP) is 1.66. The number of hydrogen-bond acceptors (Lipinski definition) is 3. The molecule has 2 bridgehead atoms. The molecule has 3 aliphatic rings. The topological polar surface area (TPSA) is 53.0 Å². The smallest absolute Gasteiger partial charge is 0.407 e. The largest absolute Gasteiger partial charge is 0.465 e. The lowest BCUT2D eigenvalue weighted by Crippen LogP contribution is -2.36. The van der Waals surface area contributed by atoms with Gasteiger partial charge >= 0.3 is 6.09 Å². The molecule has 0 radical (unpaired) electrons. The van der Waals surface area contributed by atoms with Gasteiger partial charge in [-0.15, -0.1) is 0 Å². The quantitative estimate of drug-likeness (QED) is 0.834. The van der Waals surface area contributed by atoms with Crippen molar-refractivity contribution < 1.29 is 14.6 Å². The summed E-state index contributed by atoms with van der Waals surface area (Å²) < 4.78 is 5.62. The molecule has 2 saturated heterocycles. The number of morpholine rings is 1. The Bertz CT molecular complexity index is 545. The van der Waals surface area contributed by atoms with E-state index in [2.05, 4.69) is 23.1 Å². The number of nitrogens with zero attached hydrogens (tertiary/aromatic N) is 2. The van der Waals surface area contributed by atoms with Crippen molar-refractivity contribution in [2.75, 3.05) is 18.1 Å². The summed E-state index contributed by atoms with van der Waals surface area (Å²) in [6.45, 7) is 2.81. The summed E-state index contributed by atoms with van der Waals surface area (Å²) in [5.74, 6) is 0. The van der Waals surface area contributed by atoms with Crippen LogP contribution < -0.4 is 4.90 Å². The number of rotatable bonds is 1. The molecule has 2 fully saturated rings. The molecule has 1 aromatic rings. The molecule has 0 spiro atoms. The van der Waals surface area contributed by atoms with Crippen molar-refractivity contribution in [3.8, 4) is 0 Å². The van der Waals surface area contributed by atoms with Crippen molar-refractivity contribution in [3.05, 3.63) is 29.3 Å². The zero-order valence-electron chi connectivity index (χ0n) is 10.6. The van der Waals surface area contributed by atoms with Crippen LogP contribution in [0.3, 0.4) is 0 Å². The molecule has 3 heterocycles. The first-order chi connectivity index (χ1) is 9.20. The summed E-state index contributed by atoms with van der Waals surface area (Å²) in [6.07, 6.45) is 0.665. The molecule has 2 atom stereocenters. The van der Waals surface area contributed by atoms with Gasteiger partial charge in [-0.05, 0) is 29.7 Å². The van der Waals surface area contributed by atoms with Gasteiger partial charge < -0.3 is 14.7 Å². The van der Waals surface area contributed by atoms with E-state index >= 15 is 0 Å². The van der Waals surface area contributed by atoms with Gasteiger partial charge in [0.15, 0.2) is 0 Å². The van der Waals surface area contributed by atoms with Gasteiger partial charge in [-0.25, -0.2) is 4.79 Å². The maximum atomic E-state index is 11.0. The maximum absolute atomic E-state index is 11.0. The SMILES string of the molecule is O=C(O)N1Cc2ccc(N3C[C@@H]4C[C@H]3CO4)cc2C1. The molecular weight excluding hydrogens is 244 g/mol. The van der Waals surface area contributed by atoms with Gasteiger partial charge in [-0.1, -0.05) is 6.07 Å². The molecule has 5 heteroatoms. The van der Waals surface area contributed by atoms with Crippen molar-refractivity contribution in [2.24, 2.45) is 0 Å². The number of amides is 1. The summed E-state index contributed by atoms with van der Waals surface area (Å²) in [4.78, 5) is 14.9. The highest BCUT2D eigenvalue weighted by Crippen LogP contribution is 2.35. The Balaban J connectivity index is 1.60. The van der Waals surface area contributed by atoms with Crippen LogP contribution in [0.2, 0.25) is 0 Å². The molecule has 19 heavy (non-hydrogen) atoms. The lowest BCUT2D eigenvalue weighted by molar-refractivity contribution is 0.0991. The predicted molar refractivity (Wildman–Crippen MR) is 69.2 cm³/mol. The summed E-state index contributed by atoms with van der Waals surface area (Å²) in [7, 11) is 0. The summed E-state index contributed by atoms with van der Waals surface area (Å²) in [5, 5.41) is 9.05. The summed E-state index contributed by atoms with van der Waals surface area (Å²) in [5.41, 5.74) is 3.48. The Labute approximate surface area is 111 Å². The molecule has 0 aliphatic carbocycles. The highest BCUT2D eigenvalue weighted by Gasteiger charge is 2.39. The third-order valence-electron chi connectivity index (χ3n) is 4.41. The van der Waals surface area contributed by atoms with Crippen LogP contribution in [0.15, 0.2) is 18.2 Å². The molecule has 100 valence electrons. The van der Waals surface area contributed by atoms with Gasteiger partial charge in [0, 0.05) is 25.3 Å². The Morgan fingerprint density at radius 1 is 1.32 bits per heavy atom. The third-order valence-corrected chi connectivity index (χ3v) is 4.41. The van der Waals surface area contributed by atoms with Gasteiger partial charge in [0.1, 0.15) is 0 Å². The van der Waals surface area contributed by atoms with E-state index in [-0.39, 0.29) is 0 Å². The molecule has 0 unspecified atom stereocenters. The number of carboxylic acid groups (broad SMARTS) is 1. The normalized spacial score (nSPS) is 28.0. The Morgan fingerprint density at radius 3 is 2.84 bits per heavy atom. The first-order valence-corrected chi connectivity index (χ1v) is 6.68. The van der Waals surface area contributed by atoms with E-state index in [4.69, 9.17) is 9.84 Å². The molecular formula is C14H16N2O3. The number of fused-ring (bicyclic) bond motifs is 3. The lowest BCUT2D eigenvalue weighted by atomic mass is 10.1. The molecule has 0 aromatic heterocycles. The fourth-order valence-electron chi connectivity index (χ4n) is 3.41. The van der Waals surface area contributed by atoms with Gasteiger partial charge in [0.05, 0.1) is 18.8 Å². The zero-order valence-corrected chi connectivity index (χ0v) is 10.6. The average Bonchev–Trinajstić information content (AvgIpc) is 3.11. The van der Waals surface area contributed by atoms with E-state index in [0.29, 0.717) is 25.2 Å². The van der Waals surface area contributed by atoms with Gasteiger partial charge in [0.25, 0.3) is 0 Å². The molecule has 0 saturated carbocycles. The molecule has 1 amide bonds. The second-order valence-corrected chi connectivity index (χ2v) is 5.59. The lowest BCUT2D eigenvalue weighted by Gasteiger charge is -2.29. The van der Waals surface area contributed by atoms with Crippen LogP contribution in [-0.2, 0) is 17.8 Å². The number of ether oxygens (including phenoxy) is 1. The number of anilines is 1. The first kappa shape index (κ1) is 11.1. The van der Waals surface area contributed by atoms with E-state index in [0.717, 1.165) is 30.7 Å². The van der Waals surface area contributed by atoms with Crippen LogP contribution in [0.4, 0.5) is 10.5 Å². The van der Waals surface area contributed by atoms with E-state index in [1.54, 1.807) is 0 Å². The van der Waals surface area contributed by atoms with Crippen molar-refractivity contribution in [1.82, 2.24) is 4.90 Å². The minimum absolute atomic E-state index is 0.383. The van der Waals surface area contributed by atoms with Crippen molar-refractivity contribution in [1.29, 1.82) is 0 Å². The highest BCUT2D eigenvalue weighted by atomic mass is 16.5. The molecule has 5 nitrogen and oxygen atoms in total. The van der Waals surface area contributed by atoms with Crippen LogP contribution in [0.1, 0.15) is 17.5 Å². The minimum Gasteiger partial charge on any atom is -0.465 e. The highest BCUT2D eigenvalue weighted by molar-refractivity contribution is 5.67. The fourth-order valence-corrected chi connectivity index (χ4v) is 3.41. The summed E-state index contributed by atoms with van der Waals surface area (Å²) in [6, 6.07) is 6.84. The Kier molecular flexibility index (Phi) is 2.26. The van der Waals surface area contributed by atoms with E-state index in [1.807, 2.05) is 0 Å². The number of carbonyl (C=O) groups is 1. The molecule has 1 N–H and O–H groups in total. The van der Waals surface area contributed by atoms with Crippen molar-refractivity contribution >= 4 is 11.8 Å². The van der Waals surface area contributed by atoms with Crippen LogP contribution in [0.25, 0.3) is 0 Å². The van der Waals surface area contributed by atoms with Crippen LogP contribution >= 0.6 is 0 Å². The Morgan fingerprint density at radius 2 is 2.16 bits per heavy atom. The van der Waals surface area contributed by atoms with Crippen molar-refractivity contribution in [2.45, 2.75) is 31.7 Å². The first-order valence-electron chi connectivity index (χ1n) is 6.68. The van der Waals surface area contributed by atoms with Crippen LogP contribution in [-0.4, -0.2) is 41.4 Å². The van der Waals surface area contributed by atoms with E-state index < -0.39 is 6.09 Å². The zero-order chi connectivity index (χ0) is 13.0. The van der Waals surface area contributed by atoms with Crippen LogP contribution in [0.5, 0.6) is 0 Å². The number of hydrogen-bond donors (Lipinski definition) is 1.